The molecule has 2 rings (SSSR count). The molecule has 6 nitrogen and oxygen atoms in total. The van der Waals surface area contributed by atoms with Crippen molar-refractivity contribution in [3.05, 3.63) is 60.3 Å². The number of hydrogen-bond acceptors (Lipinski definition) is 5. The fraction of sp³-hybridized carbons (Fsp3) is 0.211. The van der Waals surface area contributed by atoms with Crippen LogP contribution in [0.4, 0.5) is 11.4 Å². The molecule has 26 heavy (non-hydrogen) atoms. The highest BCUT2D eigenvalue weighted by Crippen LogP contribution is 2.32. The predicted molar refractivity (Wildman–Crippen MR) is 107 cm³/mol. The number of carbonyl (C=O) groups excluding carboxylic acids is 1. The summed E-state index contributed by atoms with van der Waals surface area (Å²) in [4.78, 5) is 12.1. The van der Waals surface area contributed by atoms with Gasteiger partial charge in [-0.2, -0.15) is 0 Å². The van der Waals surface area contributed by atoms with E-state index in [0.29, 0.717) is 47.5 Å². The van der Waals surface area contributed by atoms with Gasteiger partial charge in [0.2, 0.25) is 5.91 Å². The van der Waals surface area contributed by atoms with Crippen LogP contribution in [0.25, 0.3) is 11.3 Å². The number of nitrogens with zero attached hydrogens (tertiary/aromatic N) is 2. The fourth-order valence-electron chi connectivity index (χ4n) is 2.42. The highest BCUT2D eigenvalue weighted by molar-refractivity contribution is 6.30. The van der Waals surface area contributed by atoms with Gasteiger partial charge in [-0.25, -0.2) is 0 Å². The number of allylic oxidation sites excluding steroid dienone is 1. The molecule has 136 valence electrons. The Hall–Kier alpha value is -2.70. The van der Waals surface area contributed by atoms with Crippen LogP contribution >= 0.6 is 11.6 Å². The largest absolute Gasteiger partial charge is 0.399 e. The highest BCUT2D eigenvalue weighted by atomic mass is 35.5. The molecule has 1 aromatic heterocycles. The third-order valence-electron chi connectivity index (χ3n) is 3.77. The lowest BCUT2D eigenvalue weighted by atomic mass is 10.0. The lowest BCUT2D eigenvalue weighted by molar-refractivity contribution is -0.116. The van der Waals surface area contributed by atoms with Gasteiger partial charge in [-0.3, -0.25) is 4.79 Å². The van der Waals surface area contributed by atoms with Gasteiger partial charge in [0.05, 0.1) is 11.4 Å². The summed E-state index contributed by atoms with van der Waals surface area (Å²) in [5.74, 6) is -0.137. The Balaban J connectivity index is 2.41. The van der Waals surface area contributed by atoms with Gasteiger partial charge in [-0.1, -0.05) is 23.8 Å². The Morgan fingerprint density at radius 3 is 2.73 bits per heavy atom. The molecule has 1 aromatic carbocycles. The SMILES string of the molecule is C=CCCC(=O)Nc1cc(N)ccc1-c1cc(C(N)CC=C)c(Cl)nn1. The van der Waals surface area contributed by atoms with Crippen LogP contribution in [-0.2, 0) is 4.79 Å². The van der Waals surface area contributed by atoms with Gasteiger partial charge in [-0.05, 0) is 37.1 Å². The first-order valence-electron chi connectivity index (χ1n) is 8.16. The van der Waals surface area contributed by atoms with Crippen molar-refractivity contribution in [2.24, 2.45) is 5.73 Å². The summed E-state index contributed by atoms with van der Waals surface area (Å²) in [7, 11) is 0. The Labute approximate surface area is 157 Å². The number of nitrogens with two attached hydrogens (primary N) is 2. The van der Waals surface area contributed by atoms with E-state index in [1.807, 2.05) is 0 Å². The monoisotopic (exact) mass is 371 g/mol. The number of carbonyl (C=O) groups is 1. The van der Waals surface area contributed by atoms with Gasteiger partial charge < -0.3 is 16.8 Å². The fourth-order valence-corrected chi connectivity index (χ4v) is 2.66. The Bertz CT molecular complexity index is 822. The molecule has 0 radical (unpaired) electrons. The number of benzene rings is 1. The summed E-state index contributed by atoms with van der Waals surface area (Å²) in [5.41, 5.74) is 15.0. The second-order valence-electron chi connectivity index (χ2n) is 5.79. The molecule has 0 saturated heterocycles. The topological polar surface area (TPSA) is 107 Å². The maximum absolute atomic E-state index is 12.1. The van der Waals surface area contributed by atoms with Gasteiger partial charge in [0.15, 0.2) is 5.15 Å². The Morgan fingerprint density at radius 2 is 2.04 bits per heavy atom. The van der Waals surface area contributed by atoms with Crippen molar-refractivity contribution in [1.82, 2.24) is 10.2 Å². The zero-order valence-corrected chi connectivity index (χ0v) is 15.2. The number of rotatable bonds is 8. The quantitative estimate of drug-likeness (QED) is 0.482. The smallest absolute Gasteiger partial charge is 0.224 e. The summed E-state index contributed by atoms with van der Waals surface area (Å²) in [6.07, 6.45) is 4.88. The van der Waals surface area contributed by atoms with Crippen LogP contribution < -0.4 is 16.8 Å². The van der Waals surface area contributed by atoms with Crippen molar-refractivity contribution >= 4 is 28.9 Å². The molecule has 0 bridgehead atoms. The first-order valence-corrected chi connectivity index (χ1v) is 8.54. The molecule has 0 fully saturated rings. The van der Waals surface area contributed by atoms with E-state index >= 15 is 0 Å². The second kappa shape index (κ2) is 9.12. The average Bonchev–Trinajstić information content (AvgIpc) is 2.61. The molecule has 7 heteroatoms. The van der Waals surface area contributed by atoms with E-state index in [4.69, 9.17) is 23.1 Å². The van der Waals surface area contributed by atoms with Gasteiger partial charge >= 0.3 is 0 Å². The molecule has 0 aliphatic heterocycles. The highest BCUT2D eigenvalue weighted by Gasteiger charge is 2.16. The van der Waals surface area contributed by atoms with Crippen molar-refractivity contribution < 1.29 is 4.79 Å². The van der Waals surface area contributed by atoms with Crippen molar-refractivity contribution in [3.8, 4) is 11.3 Å². The van der Waals surface area contributed by atoms with E-state index in [1.54, 1.807) is 36.4 Å². The van der Waals surface area contributed by atoms with Gasteiger partial charge in [0.25, 0.3) is 0 Å². The standard InChI is InChI=1S/C19H22ClN5O/c1-3-5-7-18(26)23-16-10-12(21)8-9-13(16)17-11-14(15(22)6-4-2)19(20)25-24-17/h3-4,8-11,15H,1-2,5-7,21-22H2,(H,23,26). The van der Waals surface area contributed by atoms with Gasteiger partial charge in [0.1, 0.15) is 0 Å². The van der Waals surface area contributed by atoms with E-state index in [0.717, 1.165) is 0 Å². The van der Waals surface area contributed by atoms with Crippen LogP contribution in [0, 0.1) is 0 Å². The molecule has 0 aliphatic rings. The summed E-state index contributed by atoms with van der Waals surface area (Å²) in [5, 5.41) is 11.2. The summed E-state index contributed by atoms with van der Waals surface area (Å²) in [6.45, 7) is 7.31. The molecule has 2 aromatic rings. The van der Waals surface area contributed by atoms with Crippen LogP contribution in [0.15, 0.2) is 49.6 Å². The maximum Gasteiger partial charge on any atom is 0.224 e. The van der Waals surface area contributed by atoms with Gasteiger partial charge in [-0.15, -0.1) is 23.4 Å². The lowest BCUT2D eigenvalue weighted by Gasteiger charge is -2.14. The van der Waals surface area contributed by atoms with Crippen molar-refractivity contribution in [1.29, 1.82) is 0 Å². The van der Waals surface area contributed by atoms with Crippen LogP contribution in [0.5, 0.6) is 0 Å². The molecule has 1 atom stereocenters. The van der Waals surface area contributed by atoms with Crippen LogP contribution in [0.2, 0.25) is 5.15 Å². The number of aromatic nitrogens is 2. The maximum atomic E-state index is 12.1. The average molecular weight is 372 g/mol. The summed E-state index contributed by atoms with van der Waals surface area (Å²) >= 11 is 6.13. The summed E-state index contributed by atoms with van der Waals surface area (Å²) < 4.78 is 0. The minimum absolute atomic E-state index is 0.137. The molecule has 5 N–H and O–H groups in total. The Kier molecular flexibility index (Phi) is 6.89. The molecular weight excluding hydrogens is 350 g/mol. The number of amides is 1. The second-order valence-corrected chi connectivity index (χ2v) is 6.15. The first-order chi connectivity index (χ1) is 12.5. The van der Waals surface area contributed by atoms with Crippen molar-refractivity contribution in [3.63, 3.8) is 0 Å². The van der Waals surface area contributed by atoms with Crippen molar-refractivity contribution in [2.75, 3.05) is 11.1 Å². The summed E-state index contributed by atoms with van der Waals surface area (Å²) in [6, 6.07) is 6.62. The van der Waals surface area contributed by atoms with Crippen LogP contribution in [0.3, 0.4) is 0 Å². The van der Waals surface area contributed by atoms with E-state index in [9.17, 15) is 4.79 Å². The number of nitrogen functional groups attached to an aromatic ring is 1. The minimum atomic E-state index is -0.339. The Morgan fingerprint density at radius 1 is 1.27 bits per heavy atom. The van der Waals surface area contributed by atoms with E-state index in [1.165, 1.54) is 0 Å². The number of nitrogens with one attached hydrogen (secondary N) is 1. The van der Waals surface area contributed by atoms with Crippen molar-refractivity contribution in [2.45, 2.75) is 25.3 Å². The molecule has 1 heterocycles. The van der Waals surface area contributed by atoms with E-state index < -0.39 is 0 Å². The molecular formula is C19H22ClN5O. The number of halogens is 1. The zero-order valence-electron chi connectivity index (χ0n) is 14.4. The molecule has 0 spiro atoms. The normalized spacial score (nSPS) is 11.6. The number of hydrogen-bond donors (Lipinski definition) is 3. The molecule has 1 amide bonds. The molecule has 0 aliphatic carbocycles. The van der Waals surface area contributed by atoms with Crippen LogP contribution in [-0.4, -0.2) is 16.1 Å². The molecule has 0 saturated carbocycles. The van der Waals surface area contributed by atoms with E-state index in [-0.39, 0.29) is 17.1 Å². The minimum Gasteiger partial charge on any atom is -0.399 e. The molecule has 1 unspecified atom stereocenters. The first kappa shape index (κ1) is 19.6. The predicted octanol–water partition coefficient (Wildman–Crippen LogP) is 3.86. The van der Waals surface area contributed by atoms with Crippen LogP contribution in [0.1, 0.15) is 30.9 Å². The number of anilines is 2. The lowest BCUT2D eigenvalue weighted by Crippen LogP contribution is -2.13. The third-order valence-corrected chi connectivity index (χ3v) is 4.06. The van der Waals surface area contributed by atoms with E-state index in [2.05, 4.69) is 28.7 Å². The third kappa shape index (κ3) is 4.91. The zero-order chi connectivity index (χ0) is 19.1. The van der Waals surface area contributed by atoms with Gasteiger partial charge in [0, 0.05) is 29.3 Å².